The molecule has 1 rings (SSSR count). The van der Waals surface area contributed by atoms with Crippen molar-refractivity contribution in [3.05, 3.63) is 22.9 Å². The molecule has 0 saturated heterocycles. The molecule has 1 aromatic heterocycles. The monoisotopic (exact) mass is 307 g/mol. The van der Waals surface area contributed by atoms with Gasteiger partial charge in [0.2, 0.25) is 6.29 Å². The molecule has 0 aromatic carbocycles. The molecule has 110 valence electrons. The van der Waals surface area contributed by atoms with E-state index in [9.17, 15) is 4.79 Å². The first-order valence-electron chi connectivity index (χ1n) is 5.71. The molecule has 0 bridgehead atoms. The van der Waals surface area contributed by atoms with Crippen LogP contribution in [0.4, 0.5) is 0 Å². The zero-order chi connectivity index (χ0) is 15.8. The number of nitriles is 2. The Hall–Kier alpha value is -2.13. The van der Waals surface area contributed by atoms with Gasteiger partial charge in [0.25, 0.3) is 0 Å². The van der Waals surface area contributed by atoms with Crippen molar-refractivity contribution < 1.29 is 19.0 Å². The van der Waals surface area contributed by atoms with Crippen LogP contribution in [0.5, 0.6) is 0 Å². The van der Waals surface area contributed by atoms with Gasteiger partial charge in [-0.2, -0.15) is 10.5 Å². The van der Waals surface area contributed by atoms with Crippen LogP contribution in [0.25, 0.3) is 0 Å². The van der Waals surface area contributed by atoms with E-state index in [1.165, 1.54) is 27.4 Å². The molecule has 1 heterocycles. The van der Waals surface area contributed by atoms with Crippen LogP contribution in [0.15, 0.2) is 11.1 Å². The number of pyridine rings is 1. The number of rotatable bonds is 6. The third kappa shape index (κ3) is 3.92. The SMILES string of the molecule is COC(=O)c1cc(C#N)c(SCC#N)nc1C(OC)OC. The average Bonchev–Trinajstić information content (AvgIpc) is 2.53. The Morgan fingerprint density at radius 1 is 1.38 bits per heavy atom. The number of carbonyl (C=O) groups excluding carboxylic acids is 1. The number of hydrogen-bond donors (Lipinski definition) is 0. The molecule has 0 aliphatic carbocycles. The van der Waals surface area contributed by atoms with Gasteiger partial charge in [0.05, 0.1) is 30.1 Å². The minimum Gasteiger partial charge on any atom is -0.465 e. The number of esters is 1. The van der Waals surface area contributed by atoms with Crippen molar-refractivity contribution in [3.8, 4) is 12.1 Å². The Morgan fingerprint density at radius 3 is 2.52 bits per heavy atom. The number of carbonyl (C=O) groups is 1. The lowest BCUT2D eigenvalue weighted by Gasteiger charge is -2.17. The van der Waals surface area contributed by atoms with Crippen LogP contribution in [0.3, 0.4) is 0 Å². The summed E-state index contributed by atoms with van der Waals surface area (Å²) in [5.41, 5.74) is 0.473. The first-order valence-corrected chi connectivity index (χ1v) is 6.70. The van der Waals surface area contributed by atoms with Crippen molar-refractivity contribution in [1.29, 1.82) is 10.5 Å². The number of methoxy groups -OCH3 is 3. The summed E-state index contributed by atoms with van der Waals surface area (Å²) in [7, 11) is 4.03. The average molecular weight is 307 g/mol. The second kappa shape index (κ2) is 8.22. The van der Waals surface area contributed by atoms with E-state index < -0.39 is 12.3 Å². The van der Waals surface area contributed by atoms with Gasteiger partial charge in [0.1, 0.15) is 16.8 Å². The summed E-state index contributed by atoms with van der Waals surface area (Å²) in [6.07, 6.45) is -0.881. The minimum atomic E-state index is -0.881. The standard InChI is InChI=1S/C13H13N3O4S/c1-18-12(17)9-6-8(7-15)11(21-5-4-14)16-10(9)13(19-2)20-3/h6,13H,5H2,1-3H3. The van der Waals surface area contributed by atoms with Crippen LogP contribution >= 0.6 is 11.8 Å². The predicted octanol–water partition coefficient (Wildman–Crippen LogP) is 1.65. The van der Waals surface area contributed by atoms with Crippen LogP contribution in [0.2, 0.25) is 0 Å². The molecule has 0 saturated carbocycles. The molecule has 1 aromatic rings. The first-order chi connectivity index (χ1) is 10.1. The molecule has 0 amide bonds. The number of thioether (sulfide) groups is 1. The van der Waals surface area contributed by atoms with Crippen LogP contribution in [-0.2, 0) is 14.2 Å². The van der Waals surface area contributed by atoms with E-state index in [1.807, 2.05) is 12.1 Å². The van der Waals surface area contributed by atoms with Gasteiger partial charge >= 0.3 is 5.97 Å². The first kappa shape index (κ1) is 16.9. The molecule has 0 unspecified atom stereocenters. The van der Waals surface area contributed by atoms with E-state index in [0.29, 0.717) is 5.03 Å². The minimum absolute atomic E-state index is 0.0871. The maximum absolute atomic E-state index is 11.8. The summed E-state index contributed by atoms with van der Waals surface area (Å²) in [6.45, 7) is 0. The van der Waals surface area contributed by atoms with Crippen LogP contribution in [0, 0.1) is 22.7 Å². The van der Waals surface area contributed by atoms with Crippen LogP contribution in [0.1, 0.15) is 27.9 Å². The highest BCUT2D eigenvalue weighted by Gasteiger charge is 2.24. The lowest BCUT2D eigenvalue weighted by atomic mass is 10.1. The zero-order valence-electron chi connectivity index (χ0n) is 11.7. The number of ether oxygens (including phenoxy) is 3. The van der Waals surface area contributed by atoms with E-state index >= 15 is 0 Å². The molecule has 0 spiro atoms. The van der Waals surface area contributed by atoms with Crippen LogP contribution < -0.4 is 0 Å². The molecule has 7 nitrogen and oxygen atoms in total. The van der Waals surface area contributed by atoms with Gasteiger partial charge in [-0.1, -0.05) is 11.8 Å². The van der Waals surface area contributed by atoms with E-state index in [1.54, 1.807) is 0 Å². The fourth-order valence-electron chi connectivity index (χ4n) is 1.57. The van der Waals surface area contributed by atoms with E-state index in [0.717, 1.165) is 11.8 Å². The summed E-state index contributed by atoms with van der Waals surface area (Å²) >= 11 is 1.09. The van der Waals surface area contributed by atoms with E-state index in [2.05, 4.69) is 9.72 Å². The summed E-state index contributed by atoms with van der Waals surface area (Å²) in [5, 5.41) is 18.1. The number of hydrogen-bond acceptors (Lipinski definition) is 8. The summed E-state index contributed by atoms with van der Waals surface area (Å²) in [4.78, 5) is 16.1. The van der Waals surface area contributed by atoms with Crippen molar-refractivity contribution in [1.82, 2.24) is 4.98 Å². The Balaban J connectivity index is 3.46. The Kier molecular flexibility index (Phi) is 6.63. The quantitative estimate of drug-likeness (QED) is 0.443. The largest absolute Gasteiger partial charge is 0.465 e. The summed E-state index contributed by atoms with van der Waals surface area (Å²) in [6, 6.07) is 5.26. The lowest BCUT2D eigenvalue weighted by Crippen LogP contribution is -2.15. The Bertz CT molecular complexity index is 603. The zero-order valence-corrected chi connectivity index (χ0v) is 12.6. The topological polar surface area (TPSA) is 105 Å². The van der Waals surface area contributed by atoms with E-state index in [-0.39, 0.29) is 22.6 Å². The molecule has 8 heteroatoms. The fraction of sp³-hybridized carbons (Fsp3) is 0.385. The number of aromatic nitrogens is 1. The van der Waals surface area contributed by atoms with Gasteiger partial charge in [-0.3, -0.25) is 0 Å². The summed E-state index contributed by atoms with van der Waals surface area (Å²) < 4.78 is 14.9. The second-order valence-electron chi connectivity index (χ2n) is 3.63. The highest BCUT2D eigenvalue weighted by Crippen LogP contribution is 2.27. The molecule has 0 radical (unpaired) electrons. The third-order valence-corrected chi connectivity index (χ3v) is 3.33. The van der Waals surface area contributed by atoms with Crippen molar-refractivity contribution >= 4 is 17.7 Å². The van der Waals surface area contributed by atoms with Gasteiger partial charge in [0, 0.05) is 14.2 Å². The maximum atomic E-state index is 11.8. The third-order valence-electron chi connectivity index (χ3n) is 2.47. The molecular weight excluding hydrogens is 294 g/mol. The van der Waals surface area contributed by atoms with Crippen molar-refractivity contribution in [2.24, 2.45) is 0 Å². The van der Waals surface area contributed by atoms with Gasteiger partial charge < -0.3 is 14.2 Å². The Morgan fingerprint density at radius 2 is 2.05 bits per heavy atom. The smallest absolute Gasteiger partial charge is 0.339 e. The molecule has 21 heavy (non-hydrogen) atoms. The highest BCUT2D eigenvalue weighted by atomic mass is 32.2. The molecule has 0 aliphatic heterocycles. The molecule has 0 aliphatic rings. The molecule has 0 N–H and O–H groups in total. The van der Waals surface area contributed by atoms with Crippen molar-refractivity contribution in [2.75, 3.05) is 27.1 Å². The van der Waals surface area contributed by atoms with Crippen molar-refractivity contribution in [3.63, 3.8) is 0 Å². The molecule has 0 atom stereocenters. The number of nitrogens with zero attached hydrogens (tertiary/aromatic N) is 3. The summed E-state index contributed by atoms with van der Waals surface area (Å²) in [5.74, 6) is -0.520. The van der Waals surface area contributed by atoms with Gasteiger partial charge in [-0.05, 0) is 6.07 Å². The highest BCUT2D eigenvalue weighted by molar-refractivity contribution is 7.99. The van der Waals surface area contributed by atoms with Gasteiger partial charge in [-0.15, -0.1) is 0 Å². The molecule has 0 fully saturated rings. The van der Waals surface area contributed by atoms with Gasteiger partial charge in [0.15, 0.2) is 0 Å². The lowest BCUT2D eigenvalue weighted by molar-refractivity contribution is -0.109. The maximum Gasteiger partial charge on any atom is 0.339 e. The second-order valence-corrected chi connectivity index (χ2v) is 4.59. The fourth-order valence-corrected chi connectivity index (χ4v) is 2.20. The van der Waals surface area contributed by atoms with Gasteiger partial charge in [-0.25, -0.2) is 9.78 Å². The van der Waals surface area contributed by atoms with Crippen molar-refractivity contribution in [2.45, 2.75) is 11.3 Å². The predicted molar refractivity (Wildman–Crippen MR) is 73.4 cm³/mol. The normalized spacial score (nSPS) is 10.0. The Labute approximate surface area is 126 Å². The molecular formula is C13H13N3O4S. The van der Waals surface area contributed by atoms with E-state index in [4.69, 9.17) is 20.0 Å². The van der Waals surface area contributed by atoms with Crippen LogP contribution in [-0.4, -0.2) is 38.0 Å².